The lowest BCUT2D eigenvalue weighted by Gasteiger charge is -2.24. The average Bonchev–Trinajstić information content (AvgIpc) is 3.37. The maximum Gasteiger partial charge on any atom is 0.296 e. The number of fused-ring (bicyclic) bond motifs is 1. The first-order chi connectivity index (χ1) is 35.2. The van der Waals surface area contributed by atoms with Crippen LogP contribution in [0.3, 0.4) is 0 Å². The third-order valence-electron chi connectivity index (χ3n) is 10.1. The Kier molecular flexibility index (Phi) is 20.9. The zero-order valence-corrected chi connectivity index (χ0v) is 43.7. The second kappa shape index (κ2) is 26.6. The number of nitrogen functional groups attached to an aromatic ring is 2. The second-order valence-electron chi connectivity index (χ2n) is 14.8. The molecular weight excluding hydrogens is 1070 g/mol. The van der Waals surface area contributed by atoms with Gasteiger partial charge in [-0.25, -0.2) is 27.4 Å². The SMILES string of the molecule is CCN(CC)c1cc(N)c(N=Nc2ccc(NS(=O)(=O)c3ccc(C)cc3)cc2)cc1OC.CN=Nc1c(S(=O)(=O)O)cc2c(SOOO)cc(N=Nc3ccc(S(=O)(=O)CCOSOOO)cc3)c(N)c2c1O. The van der Waals surface area contributed by atoms with E-state index in [2.05, 4.69) is 72.9 Å². The highest BCUT2D eigenvalue weighted by molar-refractivity contribution is 7.95. The van der Waals surface area contributed by atoms with Gasteiger partial charge in [-0.05, 0) is 99.6 Å². The van der Waals surface area contributed by atoms with Crippen LogP contribution in [0.25, 0.3) is 10.8 Å². The molecular formula is C43H48N10O16S5. The predicted octanol–water partition coefficient (Wildman–Crippen LogP) is 10.4. The highest BCUT2D eigenvalue weighted by Crippen LogP contribution is 2.49. The molecule has 6 rings (SSSR count). The average molecular weight is 1120 g/mol. The number of anilines is 4. The number of rotatable bonds is 23. The number of aryl methyl sites for hydroxylation is 1. The van der Waals surface area contributed by atoms with Crippen molar-refractivity contribution in [3.05, 3.63) is 103 Å². The number of azo groups is 3. The zero-order valence-electron chi connectivity index (χ0n) is 39.6. The Morgan fingerprint density at radius 3 is 1.91 bits per heavy atom. The van der Waals surface area contributed by atoms with Gasteiger partial charge in [0, 0.05) is 42.2 Å². The molecule has 9 N–H and O–H groups in total. The molecule has 0 bridgehead atoms. The number of phenols is 1. The highest BCUT2D eigenvalue weighted by atomic mass is 32.2. The molecule has 31 heteroatoms. The van der Waals surface area contributed by atoms with Crippen molar-refractivity contribution in [2.24, 2.45) is 30.7 Å². The van der Waals surface area contributed by atoms with Crippen LogP contribution in [0.1, 0.15) is 19.4 Å². The number of ether oxygens (including phenoxy) is 1. The van der Waals surface area contributed by atoms with E-state index in [4.69, 9.17) is 30.9 Å². The van der Waals surface area contributed by atoms with Gasteiger partial charge in [-0.3, -0.25) is 13.5 Å². The number of nitrogens with zero attached hydrogens (tertiary/aromatic N) is 7. The molecule has 0 saturated carbocycles. The molecule has 0 atom stereocenters. The van der Waals surface area contributed by atoms with Gasteiger partial charge in [0.2, 0.25) is 0 Å². The van der Waals surface area contributed by atoms with Gasteiger partial charge in [-0.1, -0.05) is 27.8 Å². The third kappa shape index (κ3) is 15.2. The monoisotopic (exact) mass is 1120 g/mol. The molecule has 0 aliphatic rings. The number of hydrogen-bond acceptors (Lipinski definition) is 26. The fourth-order valence-corrected chi connectivity index (χ4v) is 10.2. The van der Waals surface area contributed by atoms with Gasteiger partial charge in [0.25, 0.3) is 20.1 Å². The van der Waals surface area contributed by atoms with E-state index in [0.29, 0.717) is 40.5 Å². The summed E-state index contributed by atoms with van der Waals surface area (Å²) in [6.45, 7) is 7.42. The van der Waals surface area contributed by atoms with Crippen LogP contribution in [0, 0.1) is 6.92 Å². The number of sulfonamides is 1. The van der Waals surface area contributed by atoms with Crippen LogP contribution < -0.4 is 25.8 Å². The quantitative estimate of drug-likeness (QED) is 0.00596. The van der Waals surface area contributed by atoms with E-state index < -0.39 is 52.1 Å². The summed E-state index contributed by atoms with van der Waals surface area (Å²) >= 11 is 0.623. The first-order valence-electron chi connectivity index (χ1n) is 21.1. The fraction of sp³-hybridized carbons (Fsp3) is 0.209. The van der Waals surface area contributed by atoms with Gasteiger partial charge in [0.1, 0.15) is 27.7 Å². The molecule has 0 spiro atoms. The first-order valence-corrected chi connectivity index (χ1v) is 27.1. The van der Waals surface area contributed by atoms with E-state index >= 15 is 0 Å². The van der Waals surface area contributed by atoms with Crippen LogP contribution in [0.2, 0.25) is 0 Å². The third-order valence-corrected chi connectivity index (χ3v) is 15.1. The molecule has 0 fully saturated rings. The minimum absolute atomic E-state index is 0.00941. The highest BCUT2D eigenvalue weighted by Gasteiger charge is 2.26. The summed E-state index contributed by atoms with van der Waals surface area (Å²) < 4.78 is 105. The topological polar surface area (TPSA) is 380 Å². The second-order valence-corrected chi connectivity index (χ2v) is 21.2. The Hall–Kier alpha value is -6.59. The Morgan fingerprint density at radius 1 is 0.743 bits per heavy atom. The predicted molar refractivity (Wildman–Crippen MR) is 276 cm³/mol. The van der Waals surface area contributed by atoms with E-state index in [0.717, 1.165) is 30.4 Å². The summed E-state index contributed by atoms with van der Waals surface area (Å²) in [6.07, 6.45) is 0. The van der Waals surface area contributed by atoms with Crippen molar-refractivity contribution >= 4 is 116 Å². The molecule has 0 aliphatic carbocycles. The van der Waals surface area contributed by atoms with Crippen molar-refractivity contribution in [1.82, 2.24) is 0 Å². The maximum atomic E-state index is 12.5. The molecule has 0 radical (unpaired) electrons. The molecule has 74 heavy (non-hydrogen) atoms. The van der Waals surface area contributed by atoms with E-state index in [1.165, 1.54) is 37.4 Å². The molecule has 396 valence electrons. The molecule has 26 nitrogen and oxygen atoms in total. The van der Waals surface area contributed by atoms with Gasteiger partial charge >= 0.3 is 0 Å². The number of phenolic OH excluding ortho intramolecular Hbond substituents is 1. The lowest BCUT2D eigenvalue weighted by molar-refractivity contribution is -0.434. The molecule has 6 aromatic carbocycles. The summed E-state index contributed by atoms with van der Waals surface area (Å²) in [5, 5.41) is 57.7. The van der Waals surface area contributed by atoms with Gasteiger partial charge in [0.15, 0.2) is 27.9 Å². The smallest absolute Gasteiger partial charge is 0.296 e. The summed E-state index contributed by atoms with van der Waals surface area (Å²) in [4.78, 5) is 1.52. The maximum absolute atomic E-state index is 12.5. The van der Waals surface area contributed by atoms with Crippen molar-refractivity contribution in [3.63, 3.8) is 0 Å². The van der Waals surface area contributed by atoms with E-state index in [9.17, 15) is 34.9 Å². The number of methoxy groups -OCH3 is 1. The summed E-state index contributed by atoms with van der Waals surface area (Å²) in [5.41, 5.74) is 15.6. The van der Waals surface area contributed by atoms with Crippen LogP contribution in [0.5, 0.6) is 11.5 Å². The Balaban J connectivity index is 0.000000280. The molecule has 0 unspecified atom stereocenters. The lowest BCUT2D eigenvalue weighted by Crippen LogP contribution is -2.22. The number of benzene rings is 6. The van der Waals surface area contributed by atoms with Gasteiger partial charge < -0.3 is 26.2 Å². The van der Waals surface area contributed by atoms with E-state index in [-0.39, 0.29) is 61.5 Å². The summed E-state index contributed by atoms with van der Waals surface area (Å²) in [6, 6.07) is 24.3. The minimum atomic E-state index is -4.90. The standard InChI is InChI=1S/C24H29N5O3S.C19H19N5O13S4/c1-5-29(6-2)23-15-21(25)22(16-24(23)32-4)27-26-18-9-11-19(12-10-18)28-33(30,31)20-13-7-17(3)8-14-20;1-21-24-18-15(41(30,31)32)8-12-14(38-36-34-26)9-13(17(20)16(12)19(18)25)23-22-10-2-4-11(5-3-10)40(28,29)7-6-33-39-37-35-27/h7-16,28H,5-6,25H2,1-4H3;2-5,8-9,25-27H,6-7,20H2,1H3,(H,30,31,32). The zero-order chi connectivity index (χ0) is 54.2. The number of sulfone groups is 1. The number of nitrogens with one attached hydrogen (secondary N) is 1. The van der Waals surface area contributed by atoms with Crippen molar-refractivity contribution < 1.29 is 73.1 Å². The van der Waals surface area contributed by atoms with Crippen LogP contribution in [-0.4, -0.2) is 85.0 Å². The van der Waals surface area contributed by atoms with Crippen LogP contribution >= 0.6 is 24.4 Å². The van der Waals surface area contributed by atoms with Crippen molar-refractivity contribution in [3.8, 4) is 11.5 Å². The number of hydrogen-bond donors (Lipinski definition) is 7. The first kappa shape index (κ1) is 58.3. The summed E-state index contributed by atoms with van der Waals surface area (Å²) in [5.74, 6) is -0.511. The molecule has 0 amide bonds. The lowest BCUT2D eigenvalue weighted by atomic mass is 10.0. The molecule has 6 aromatic rings. The Morgan fingerprint density at radius 2 is 1.34 bits per heavy atom. The number of aromatic hydroxyl groups is 1. The molecule has 0 aromatic heterocycles. The summed E-state index contributed by atoms with van der Waals surface area (Å²) in [7, 11) is -9.50. The van der Waals surface area contributed by atoms with Crippen molar-refractivity contribution in [2.45, 2.75) is 40.4 Å². The van der Waals surface area contributed by atoms with Crippen LogP contribution in [0.4, 0.5) is 51.2 Å². The molecule has 0 aliphatic heterocycles. The molecule has 0 heterocycles. The van der Waals surface area contributed by atoms with Crippen LogP contribution in [0.15, 0.2) is 147 Å². The van der Waals surface area contributed by atoms with Gasteiger partial charge in [0.05, 0.1) is 75.1 Å². The van der Waals surface area contributed by atoms with Crippen molar-refractivity contribution in [2.75, 3.05) is 60.7 Å². The number of nitrogens with two attached hydrogens (primary N) is 2. The molecule has 0 saturated heterocycles. The van der Waals surface area contributed by atoms with Gasteiger partial charge in [-0.15, -0.1) is 18.9 Å². The largest absolute Gasteiger partial charge is 0.505 e. The normalized spacial score (nSPS) is 12.2. The Labute approximate surface area is 433 Å². The Bertz CT molecular complexity index is 3330. The van der Waals surface area contributed by atoms with E-state index in [1.54, 1.807) is 61.7 Å². The van der Waals surface area contributed by atoms with E-state index in [1.807, 2.05) is 13.0 Å². The fourth-order valence-electron chi connectivity index (χ4n) is 6.54. The van der Waals surface area contributed by atoms with Crippen molar-refractivity contribution in [1.29, 1.82) is 0 Å². The minimum Gasteiger partial charge on any atom is -0.505 e. The van der Waals surface area contributed by atoms with Gasteiger partial charge in [-0.2, -0.15) is 28.9 Å². The van der Waals surface area contributed by atoms with Crippen LogP contribution in [-0.2, 0) is 52.9 Å².